The molecule has 0 aliphatic carbocycles. The first-order valence-electron chi connectivity index (χ1n) is 7.00. The van der Waals surface area contributed by atoms with Gasteiger partial charge in [-0.05, 0) is 25.8 Å². The third-order valence-corrected chi connectivity index (χ3v) is 3.24. The largest absolute Gasteiger partial charge is 0.497 e. The topological polar surface area (TPSA) is 32.7 Å². The summed E-state index contributed by atoms with van der Waals surface area (Å²) in [5, 5.41) is 10.1. The first-order chi connectivity index (χ1) is 9.63. The molecule has 1 aliphatic rings. The number of aliphatic hydroxyl groups excluding tert-OH is 1. The molecule has 1 rings (SSSR count). The monoisotopic (exact) mass is 285 g/mol. The standard InChI is InChI=1S/C15H25NO2.CH3F/c1-13(8-7-9-14(2)18-3)12-15(17)16-10-5-4-6-11-16;1-2/h7-9,15,17H,2,4-6,10-12H2,1,3H3;1H3/b9-7-,13-8-;. The number of hydrogen-bond donors (Lipinski definition) is 1. The summed E-state index contributed by atoms with van der Waals surface area (Å²) in [7, 11) is 2.10. The lowest BCUT2D eigenvalue weighted by Crippen LogP contribution is -2.39. The lowest BCUT2D eigenvalue weighted by atomic mass is 10.1. The molecule has 3 nitrogen and oxygen atoms in total. The van der Waals surface area contributed by atoms with Crippen LogP contribution in [0.4, 0.5) is 4.39 Å². The number of hydrogen-bond acceptors (Lipinski definition) is 3. The summed E-state index contributed by atoms with van der Waals surface area (Å²) in [6.07, 6.45) is 9.77. The van der Waals surface area contributed by atoms with Crippen LogP contribution in [0.25, 0.3) is 0 Å². The summed E-state index contributed by atoms with van der Waals surface area (Å²) in [4.78, 5) is 2.17. The maximum Gasteiger partial charge on any atom is 0.111 e. The van der Waals surface area contributed by atoms with Gasteiger partial charge in [-0.1, -0.05) is 30.7 Å². The van der Waals surface area contributed by atoms with Crippen molar-refractivity contribution in [3.05, 3.63) is 36.1 Å². The van der Waals surface area contributed by atoms with Crippen molar-refractivity contribution in [1.82, 2.24) is 4.90 Å². The van der Waals surface area contributed by atoms with Crippen LogP contribution in [-0.2, 0) is 4.74 Å². The molecule has 1 saturated heterocycles. The second-order valence-corrected chi connectivity index (χ2v) is 4.82. The molecule has 1 heterocycles. The van der Waals surface area contributed by atoms with Crippen LogP contribution in [0.1, 0.15) is 32.6 Å². The molecule has 0 aromatic rings. The Morgan fingerprint density at radius 3 is 2.50 bits per heavy atom. The Kier molecular flexibility index (Phi) is 11.0. The molecule has 0 bridgehead atoms. The van der Waals surface area contributed by atoms with Crippen LogP contribution >= 0.6 is 0 Å². The quantitative estimate of drug-likeness (QED) is 0.599. The number of aliphatic hydroxyl groups is 1. The average molecular weight is 285 g/mol. The molecule has 0 saturated carbocycles. The van der Waals surface area contributed by atoms with Gasteiger partial charge >= 0.3 is 0 Å². The van der Waals surface area contributed by atoms with Crippen molar-refractivity contribution in [1.29, 1.82) is 0 Å². The normalized spacial score (nSPS) is 18.4. The van der Waals surface area contributed by atoms with E-state index in [0.717, 1.165) is 18.7 Å². The molecule has 116 valence electrons. The van der Waals surface area contributed by atoms with Crippen LogP contribution in [0.5, 0.6) is 0 Å². The van der Waals surface area contributed by atoms with Crippen LogP contribution < -0.4 is 0 Å². The zero-order chi connectivity index (χ0) is 15.4. The summed E-state index contributed by atoms with van der Waals surface area (Å²) in [6.45, 7) is 7.78. The minimum atomic E-state index is -0.347. The Labute approximate surface area is 122 Å². The number of likely N-dealkylation sites (tertiary alicyclic amines) is 1. The van der Waals surface area contributed by atoms with Gasteiger partial charge in [-0.3, -0.25) is 9.29 Å². The van der Waals surface area contributed by atoms with Crippen molar-refractivity contribution in [3.63, 3.8) is 0 Å². The van der Waals surface area contributed by atoms with Crippen LogP contribution in [0.15, 0.2) is 36.1 Å². The predicted molar refractivity (Wildman–Crippen MR) is 82.1 cm³/mol. The first-order valence-corrected chi connectivity index (χ1v) is 7.00. The molecule has 0 aromatic heterocycles. The van der Waals surface area contributed by atoms with E-state index in [0.29, 0.717) is 19.4 Å². The van der Waals surface area contributed by atoms with Gasteiger partial charge in [0.2, 0.25) is 0 Å². The molecule has 4 heteroatoms. The second kappa shape index (κ2) is 11.7. The van der Waals surface area contributed by atoms with E-state index in [1.54, 1.807) is 7.11 Å². The van der Waals surface area contributed by atoms with Crippen molar-refractivity contribution in [3.8, 4) is 0 Å². The third kappa shape index (κ3) is 8.12. The number of halogens is 1. The van der Waals surface area contributed by atoms with E-state index >= 15 is 0 Å². The van der Waals surface area contributed by atoms with Crippen molar-refractivity contribution in [2.45, 2.75) is 38.8 Å². The molecule has 1 aliphatic heterocycles. The van der Waals surface area contributed by atoms with Gasteiger partial charge in [0.15, 0.2) is 0 Å². The summed E-state index contributed by atoms with van der Waals surface area (Å²) >= 11 is 0. The highest BCUT2D eigenvalue weighted by Gasteiger charge is 2.17. The lowest BCUT2D eigenvalue weighted by Gasteiger charge is -2.31. The second-order valence-electron chi connectivity index (χ2n) is 4.82. The zero-order valence-electron chi connectivity index (χ0n) is 12.9. The SMILES string of the molecule is C=C(/C=C\C=C(\C)CC(O)N1CCCCC1)OC.CF. The number of alkyl halides is 1. The Morgan fingerprint density at radius 1 is 1.35 bits per heavy atom. The van der Waals surface area contributed by atoms with Gasteiger partial charge in [-0.2, -0.15) is 0 Å². The molecule has 1 atom stereocenters. The summed E-state index contributed by atoms with van der Waals surface area (Å²) in [5.41, 5.74) is 1.16. The molecule has 0 spiro atoms. The van der Waals surface area contributed by atoms with Crippen LogP contribution in [0, 0.1) is 0 Å². The van der Waals surface area contributed by atoms with E-state index in [4.69, 9.17) is 4.74 Å². The van der Waals surface area contributed by atoms with Gasteiger partial charge in [-0.25, -0.2) is 0 Å². The Bertz CT molecular complexity index is 320. The number of piperidine rings is 1. The molecular formula is C16H28FNO2. The van der Waals surface area contributed by atoms with Crippen LogP contribution in [-0.4, -0.2) is 43.6 Å². The number of nitrogens with zero attached hydrogens (tertiary/aromatic N) is 1. The Balaban J connectivity index is 0.00000172. The fourth-order valence-electron chi connectivity index (χ4n) is 2.09. The van der Waals surface area contributed by atoms with E-state index in [1.165, 1.54) is 19.3 Å². The van der Waals surface area contributed by atoms with Gasteiger partial charge in [0.05, 0.1) is 14.3 Å². The zero-order valence-corrected chi connectivity index (χ0v) is 12.9. The molecule has 0 radical (unpaired) electrons. The predicted octanol–water partition coefficient (Wildman–Crippen LogP) is 3.43. The number of ether oxygens (including phenoxy) is 1. The van der Waals surface area contributed by atoms with E-state index < -0.39 is 0 Å². The minimum Gasteiger partial charge on any atom is -0.497 e. The Hall–Kier alpha value is -1.13. The summed E-state index contributed by atoms with van der Waals surface area (Å²) in [5.74, 6) is 0.635. The van der Waals surface area contributed by atoms with Crippen molar-refractivity contribution in [2.75, 3.05) is 27.4 Å². The van der Waals surface area contributed by atoms with Crippen molar-refractivity contribution in [2.24, 2.45) is 0 Å². The fourth-order valence-corrected chi connectivity index (χ4v) is 2.09. The fraction of sp³-hybridized carbons (Fsp3) is 0.625. The highest BCUT2D eigenvalue weighted by Crippen LogP contribution is 2.15. The molecule has 1 N–H and O–H groups in total. The molecule has 1 fully saturated rings. The van der Waals surface area contributed by atoms with Gasteiger partial charge in [0, 0.05) is 19.5 Å². The maximum atomic E-state index is 10.1. The van der Waals surface area contributed by atoms with Crippen molar-refractivity contribution >= 4 is 0 Å². The molecule has 1 unspecified atom stereocenters. The molecule has 0 aromatic carbocycles. The lowest BCUT2D eigenvalue weighted by molar-refractivity contribution is -0.00689. The van der Waals surface area contributed by atoms with Gasteiger partial charge in [0.1, 0.15) is 12.0 Å². The number of methoxy groups -OCH3 is 1. The molecular weight excluding hydrogens is 257 g/mol. The number of allylic oxidation sites excluding steroid dienone is 3. The van der Waals surface area contributed by atoms with E-state index in [-0.39, 0.29) is 6.23 Å². The van der Waals surface area contributed by atoms with Crippen molar-refractivity contribution < 1.29 is 14.2 Å². The third-order valence-electron chi connectivity index (χ3n) is 3.24. The minimum absolute atomic E-state index is 0.347. The van der Waals surface area contributed by atoms with E-state index in [2.05, 4.69) is 11.5 Å². The van der Waals surface area contributed by atoms with Gasteiger partial charge < -0.3 is 9.84 Å². The van der Waals surface area contributed by atoms with Gasteiger partial charge in [-0.15, -0.1) is 0 Å². The Morgan fingerprint density at radius 2 is 1.95 bits per heavy atom. The summed E-state index contributed by atoms with van der Waals surface area (Å²) < 4.78 is 14.4. The van der Waals surface area contributed by atoms with Crippen LogP contribution in [0.3, 0.4) is 0 Å². The molecule has 0 amide bonds. The van der Waals surface area contributed by atoms with Gasteiger partial charge in [0.25, 0.3) is 0 Å². The van der Waals surface area contributed by atoms with Crippen LogP contribution in [0.2, 0.25) is 0 Å². The maximum absolute atomic E-state index is 10.1. The molecule has 20 heavy (non-hydrogen) atoms. The van der Waals surface area contributed by atoms with E-state index in [1.807, 2.05) is 25.2 Å². The highest BCUT2D eigenvalue weighted by atomic mass is 19.1. The smallest absolute Gasteiger partial charge is 0.111 e. The highest BCUT2D eigenvalue weighted by molar-refractivity contribution is 5.17. The average Bonchev–Trinajstić information content (AvgIpc) is 2.49. The number of rotatable bonds is 6. The first kappa shape index (κ1) is 18.9. The summed E-state index contributed by atoms with van der Waals surface area (Å²) in [6, 6.07) is 0. The van der Waals surface area contributed by atoms with E-state index in [9.17, 15) is 9.50 Å².